The van der Waals surface area contributed by atoms with Crippen molar-refractivity contribution in [1.82, 2.24) is 9.97 Å². The van der Waals surface area contributed by atoms with E-state index in [0.29, 0.717) is 22.8 Å². The van der Waals surface area contributed by atoms with Crippen LogP contribution in [0.15, 0.2) is 46.9 Å². The van der Waals surface area contributed by atoms with Crippen LogP contribution < -0.4 is 10.1 Å². The first-order valence-corrected chi connectivity index (χ1v) is 7.51. The molecule has 2 aliphatic rings. The van der Waals surface area contributed by atoms with E-state index >= 15 is 0 Å². The lowest BCUT2D eigenvalue weighted by Gasteiger charge is -2.10. The Bertz CT molecular complexity index is 907. The Hall–Kier alpha value is -3.50. The predicted octanol–water partition coefficient (Wildman–Crippen LogP) is 0.486. The molecule has 10 heteroatoms. The largest absolute Gasteiger partial charge is 0.304 e. The Morgan fingerprint density at radius 2 is 1.23 bits per heavy atom. The maximum absolute atomic E-state index is 12.5. The summed E-state index contributed by atoms with van der Waals surface area (Å²) in [7, 11) is 2.70. The molecule has 0 saturated heterocycles. The van der Waals surface area contributed by atoms with Crippen LogP contribution in [0.1, 0.15) is 11.1 Å². The van der Waals surface area contributed by atoms with Crippen LogP contribution in [0.4, 0.5) is 11.6 Å². The lowest BCUT2D eigenvalue weighted by molar-refractivity contribution is -0.118. The van der Waals surface area contributed by atoms with E-state index in [2.05, 4.69) is 20.2 Å². The van der Waals surface area contributed by atoms with Gasteiger partial charge in [-0.2, -0.15) is 10.1 Å². The molecule has 0 radical (unpaired) electrons. The number of hydrogen-bond acceptors (Lipinski definition) is 8. The first kappa shape index (κ1) is 16.0. The van der Waals surface area contributed by atoms with Gasteiger partial charge in [0.2, 0.25) is 0 Å². The molecule has 0 fully saturated rings. The zero-order chi connectivity index (χ0) is 18.3. The smallest absolute Gasteiger partial charge is 0.268 e. The Morgan fingerprint density at radius 3 is 1.62 bits per heavy atom. The molecule has 0 unspecified atom stereocenters. The third kappa shape index (κ3) is 2.20. The van der Waals surface area contributed by atoms with Gasteiger partial charge in [-0.3, -0.25) is 19.3 Å². The highest BCUT2D eigenvalue weighted by Crippen LogP contribution is 2.29. The molecule has 2 aromatic rings. The number of pyridine rings is 2. The second-order valence-corrected chi connectivity index (χ2v) is 5.21. The zero-order valence-electron chi connectivity index (χ0n) is 13.8. The molecule has 2 aromatic heterocycles. The molecule has 4 rings (SSSR count). The quantitative estimate of drug-likeness (QED) is 0.744. The normalized spacial score (nSPS) is 18.8. The summed E-state index contributed by atoms with van der Waals surface area (Å²) in [4.78, 5) is 43.3. The van der Waals surface area contributed by atoms with Crippen molar-refractivity contribution in [3.05, 3.63) is 47.8 Å². The SMILES string of the molecule is CON1C(=O)C(=NN=C2C(=O)N(OC)c3ncccc32)c2cccnc21. The summed E-state index contributed by atoms with van der Waals surface area (Å²) in [5.74, 6) is -0.411. The average molecular weight is 352 g/mol. The van der Waals surface area contributed by atoms with Gasteiger partial charge >= 0.3 is 11.8 Å². The van der Waals surface area contributed by atoms with Gasteiger partial charge in [0.25, 0.3) is 0 Å². The van der Waals surface area contributed by atoms with Crippen molar-refractivity contribution < 1.29 is 19.3 Å². The molecule has 2 amide bonds. The van der Waals surface area contributed by atoms with Crippen molar-refractivity contribution in [2.24, 2.45) is 10.2 Å². The summed E-state index contributed by atoms with van der Waals surface area (Å²) in [6, 6.07) is 6.68. The fraction of sp³-hybridized carbons (Fsp3) is 0.125. The molecule has 0 aliphatic carbocycles. The van der Waals surface area contributed by atoms with E-state index in [4.69, 9.17) is 9.68 Å². The van der Waals surface area contributed by atoms with Crippen LogP contribution in [0.25, 0.3) is 0 Å². The van der Waals surface area contributed by atoms with Gasteiger partial charge in [-0.1, -0.05) is 0 Å². The number of nitrogens with zero attached hydrogens (tertiary/aromatic N) is 6. The molecule has 130 valence electrons. The Balaban J connectivity index is 1.81. The lowest BCUT2D eigenvalue weighted by atomic mass is 10.2. The second-order valence-electron chi connectivity index (χ2n) is 5.21. The summed E-state index contributed by atoms with van der Waals surface area (Å²) >= 11 is 0. The highest BCUT2D eigenvalue weighted by Gasteiger charge is 2.38. The lowest BCUT2D eigenvalue weighted by Crippen LogP contribution is -2.30. The average Bonchev–Trinajstić information content (AvgIpc) is 3.10. The van der Waals surface area contributed by atoms with Crippen molar-refractivity contribution in [3.63, 3.8) is 0 Å². The predicted molar refractivity (Wildman–Crippen MR) is 90.5 cm³/mol. The fourth-order valence-corrected chi connectivity index (χ4v) is 2.73. The number of carbonyl (C=O) groups is 2. The number of hydroxylamine groups is 2. The van der Waals surface area contributed by atoms with Gasteiger partial charge in [-0.15, -0.1) is 10.2 Å². The molecule has 0 saturated carbocycles. The van der Waals surface area contributed by atoms with E-state index in [1.165, 1.54) is 26.6 Å². The van der Waals surface area contributed by atoms with Crippen molar-refractivity contribution >= 4 is 34.9 Å². The van der Waals surface area contributed by atoms with Gasteiger partial charge in [-0.25, -0.2) is 9.97 Å². The van der Waals surface area contributed by atoms with Crippen LogP contribution in [0.2, 0.25) is 0 Å². The molecule has 4 heterocycles. The van der Waals surface area contributed by atoms with Crippen LogP contribution in [-0.2, 0) is 19.3 Å². The van der Waals surface area contributed by atoms with Crippen molar-refractivity contribution in [3.8, 4) is 0 Å². The monoisotopic (exact) mass is 352 g/mol. The summed E-state index contributed by atoms with van der Waals surface area (Å²) < 4.78 is 0. The highest BCUT2D eigenvalue weighted by atomic mass is 16.7. The number of aromatic nitrogens is 2. The number of fused-ring (bicyclic) bond motifs is 2. The molecule has 10 nitrogen and oxygen atoms in total. The van der Waals surface area contributed by atoms with Gasteiger partial charge < -0.3 is 0 Å². The zero-order valence-corrected chi connectivity index (χ0v) is 13.8. The van der Waals surface area contributed by atoms with Gasteiger partial charge in [-0.05, 0) is 24.3 Å². The topological polar surface area (TPSA) is 110 Å². The number of hydrogen-bond donors (Lipinski definition) is 0. The summed E-state index contributed by atoms with van der Waals surface area (Å²) in [5.41, 5.74) is 0.974. The standard InChI is InChI=1S/C16H12N6O4/c1-25-21-13-9(5-3-7-17-13)11(15(21)23)19-20-12-10-6-4-8-18-14(10)22(26-2)16(12)24/h3-8H,1-2H3. The van der Waals surface area contributed by atoms with Gasteiger partial charge in [0, 0.05) is 12.4 Å². The minimum atomic E-state index is -0.522. The number of carbonyl (C=O) groups excluding carboxylic acids is 2. The minimum absolute atomic E-state index is 0.0246. The Labute approximate surface area is 147 Å². The molecule has 2 aliphatic heterocycles. The molecule has 0 N–H and O–H groups in total. The van der Waals surface area contributed by atoms with E-state index in [9.17, 15) is 9.59 Å². The highest BCUT2D eigenvalue weighted by molar-refractivity contribution is 6.55. The first-order valence-electron chi connectivity index (χ1n) is 7.51. The molecular formula is C16H12N6O4. The van der Waals surface area contributed by atoms with Crippen molar-refractivity contribution in [1.29, 1.82) is 0 Å². The van der Waals surface area contributed by atoms with Crippen LogP contribution >= 0.6 is 0 Å². The molecule has 0 atom stereocenters. The van der Waals surface area contributed by atoms with Crippen LogP contribution in [0.3, 0.4) is 0 Å². The molecule has 26 heavy (non-hydrogen) atoms. The Morgan fingerprint density at radius 1 is 0.808 bits per heavy atom. The van der Waals surface area contributed by atoms with Crippen LogP contribution in [0.5, 0.6) is 0 Å². The fourth-order valence-electron chi connectivity index (χ4n) is 2.73. The number of rotatable bonds is 3. The Kier molecular flexibility index (Phi) is 3.75. The minimum Gasteiger partial charge on any atom is -0.268 e. The van der Waals surface area contributed by atoms with Gasteiger partial charge in [0.15, 0.2) is 23.1 Å². The molecule has 0 spiro atoms. The van der Waals surface area contributed by atoms with Crippen LogP contribution in [0, 0.1) is 0 Å². The van der Waals surface area contributed by atoms with Gasteiger partial charge in [0.05, 0.1) is 25.3 Å². The van der Waals surface area contributed by atoms with E-state index in [0.717, 1.165) is 10.1 Å². The molecule has 0 aromatic carbocycles. The molecule has 0 bridgehead atoms. The summed E-state index contributed by atoms with van der Waals surface area (Å²) in [5, 5.41) is 10.0. The van der Waals surface area contributed by atoms with Crippen molar-refractivity contribution in [2.75, 3.05) is 24.3 Å². The van der Waals surface area contributed by atoms with E-state index in [1.54, 1.807) is 24.3 Å². The van der Waals surface area contributed by atoms with Gasteiger partial charge in [0.1, 0.15) is 0 Å². The van der Waals surface area contributed by atoms with E-state index in [1.807, 2.05) is 0 Å². The third-order valence-electron chi connectivity index (χ3n) is 3.86. The summed E-state index contributed by atoms with van der Waals surface area (Å²) in [6.45, 7) is 0. The first-order chi connectivity index (χ1) is 12.7. The summed E-state index contributed by atoms with van der Waals surface area (Å²) in [6.07, 6.45) is 3.07. The third-order valence-corrected chi connectivity index (χ3v) is 3.86. The molecular weight excluding hydrogens is 340 g/mol. The van der Waals surface area contributed by atoms with E-state index < -0.39 is 11.8 Å². The maximum Gasteiger partial charge on any atom is 0.304 e. The van der Waals surface area contributed by atoms with Crippen molar-refractivity contribution in [2.45, 2.75) is 0 Å². The second kappa shape index (κ2) is 6.10. The van der Waals surface area contributed by atoms with Crippen LogP contribution in [-0.4, -0.2) is 47.4 Å². The number of anilines is 2. The maximum atomic E-state index is 12.5. The number of amides is 2. The van der Waals surface area contributed by atoms with E-state index in [-0.39, 0.29) is 11.4 Å².